The van der Waals surface area contributed by atoms with E-state index in [1.165, 1.54) is 0 Å². The third kappa shape index (κ3) is 4.02. The molecule has 0 bridgehead atoms. The van der Waals surface area contributed by atoms with Gasteiger partial charge in [-0.05, 0) is 36.4 Å². The average molecular weight is 271 g/mol. The van der Waals surface area contributed by atoms with Crippen LogP contribution in [-0.4, -0.2) is 17.6 Å². The van der Waals surface area contributed by atoms with Crippen molar-refractivity contribution in [2.24, 2.45) is 5.92 Å². The molecule has 0 aliphatic carbocycles. The standard InChI is InChI=1S/C16H17NO3/c1-12(16(18)19)11-17-13-7-9-15(10-8-13)20-14-5-3-2-4-6-14/h2-10,12,17H,11H2,1H3,(H,18,19)/t12-/m1/s1. The van der Waals surface area contributed by atoms with Crippen LogP contribution in [0.25, 0.3) is 0 Å². The van der Waals surface area contributed by atoms with Gasteiger partial charge in [0.2, 0.25) is 0 Å². The van der Waals surface area contributed by atoms with Crippen molar-refractivity contribution in [1.82, 2.24) is 0 Å². The molecule has 0 aromatic heterocycles. The molecule has 0 unspecified atom stereocenters. The Bertz CT molecular complexity index is 552. The van der Waals surface area contributed by atoms with Gasteiger partial charge >= 0.3 is 5.97 Å². The van der Waals surface area contributed by atoms with Crippen LogP contribution in [0.5, 0.6) is 11.5 Å². The number of para-hydroxylation sites is 1. The molecule has 2 aromatic carbocycles. The molecule has 0 amide bonds. The molecule has 0 saturated heterocycles. The van der Waals surface area contributed by atoms with E-state index < -0.39 is 11.9 Å². The van der Waals surface area contributed by atoms with Gasteiger partial charge in [0.1, 0.15) is 11.5 Å². The van der Waals surface area contributed by atoms with Crippen molar-refractivity contribution in [1.29, 1.82) is 0 Å². The fourth-order valence-electron chi connectivity index (χ4n) is 1.62. The third-order valence-electron chi connectivity index (χ3n) is 2.87. The lowest BCUT2D eigenvalue weighted by molar-refractivity contribution is -0.140. The normalized spacial score (nSPS) is 11.7. The first kappa shape index (κ1) is 13.9. The second kappa shape index (κ2) is 6.61. The molecular formula is C16H17NO3. The third-order valence-corrected chi connectivity index (χ3v) is 2.87. The zero-order chi connectivity index (χ0) is 14.4. The van der Waals surface area contributed by atoms with Gasteiger partial charge in [-0.15, -0.1) is 0 Å². The molecule has 0 fully saturated rings. The summed E-state index contributed by atoms with van der Waals surface area (Å²) in [4.78, 5) is 10.7. The van der Waals surface area contributed by atoms with Crippen LogP contribution >= 0.6 is 0 Å². The molecule has 104 valence electrons. The van der Waals surface area contributed by atoms with Gasteiger partial charge in [-0.3, -0.25) is 4.79 Å². The van der Waals surface area contributed by atoms with Crippen molar-refractivity contribution in [2.45, 2.75) is 6.92 Å². The lowest BCUT2D eigenvalue weighted by atomic mass is 10.2. The van der Waals surface area contributed by atoms with Crippen LogP contribution in [0.15, 0.2) is 54.6 Å². The van der Waals surface area contributed by atoms with Crippen LogP contribution in [0.1, 0.15) is 6.92 Å². The Morgan fingerprint density at radius 3 is 2.30 bits per heavy atom. The van der Waals surface area contributed by atoms with E-state index in [0.29, 0.717) is 6.54 Å². The SMILES string of the molecule is C[C@H](CNc1ccc(Oc2ccccc2)cc1)C(=O)O. The maximum Gasteiger partial charge on any atom is 0.308 e. The van der Waals surface area contributed by atoms with Gasteiger partial charge in [0.25, 0.3) is 0 Å². The number of nitrogens with one attached hydrogen (secondary N) is 1. The van der Waals surface area contributed by atoms with E-state index in [4.69, 9.17) is 9.84 Å². The zero-order valence-corrected chi connectivity index (χ0v) is 11.2. The number of anilines is 1. The monoisotopic (exact) mass is 271 g/mol. The average Bonchev–Trinajstić information content (AvgIpc) is 2.47. The Morgan fingerprint density at radius 1 is 1.10 bits per heavy atom. The smallest absolute Gasteiger partial charge is 0.308 e. The highest BCUT2D eigenvalue weighted by Gasteiger charge is 2.09. The number of carbonyl (C=O) groups is 1. The van der Waals surface area contributed by atoms with Crippen LogP contribution in [0, 0.1) is 5.92 Å². The summed E-state index contributed by atoms with van der Waals surface area (Å²) < 4.78 is 5.68. The summed E-state index contributed by atoms with van der Waals surface area (Å²) in [6.07, 6.45) is 0. The Hall–Kier alpha value is -2.49. The number of carboxylic acids is 1. The van der Waals surface area contributed by atoms with Crippen molar-refractivity contribution in [3.8, 4) is 11.5 Å². The second-order valence-electron chi connectivity index (χ2n) is 4.56. The molecule has 0 aliphatic rings. The lowest BCUT2D eigenvalue weighted by Gasteiger charge is -2.10. The molecule has 20 heavy (non-hydrogen) atoms. The maximum absolute atomic E-state index is 10.7. The van der Waals surface area contributed by atoms with E-state index in [-0.39, 0.29) is 0 Å². The van der Waals surface area contributed by atoms with Gasteiger partial charge in [-0.25, -0.2) is 0 Å². The van der Waals surface area contributed by atoms with Crippen molar-refractivity contribution >= 4 is 11.7 Å². The van der Waals surface area contributed by atoms with Crippen molar-refractivity contribution in [2.75, 3.05) is 11.9 Å². The highest BCUT2D eigenvalue weighted by atomic mass is 16.5. The van der Waals surface area contributed by atoms with E-state index in [0.717, 1.165) is 17.2 Å². The molecule has 1 atom stereocenters. The highest BCUT2D eigenvalue weighted by molar-refractivity contribution is 5.70. The van der Waals surface area contributed by atoms with Crippen molar-refractivity contribution in [3.05, 3.63) is 54.6 Å². The van der Waals surface area contributed by atoms with E-state index in [1.807, 2.05) is 54.6 Å². The summed E-state index contributed by atoms with van der Waals surface area (Å²) in [7, 11) is 0. The van der Waals surface area contributed by atoms with Gasteiger partial charge in [0.05, 0.1) is 5.92 Å². The lowest BCUT2D eigenvalue weighted by Crippen LogP contribution is -2.19. The van der Waals surface area contributed by atoms with E-state index >= 15 is 0 Å². The predicted molar refractivity (Wildman–Crippen MR) is 78.2 cm³/mol. The number of aliphatic carboxylic acids is 1. The van der Waals surface area contributed by atoms with Crippen molar-refractivity contribution in [3.63, 3.8) is 0 Å². The van der Waals surface area contributed by atoms with Crippen molar-refractivity contribution < 1.29 is 14.6 Å². The second-order valence-corrected chi connectivity index (χ2v) is 4.56. The Labute approximate surface area is 118 Å². The van der Waals surface area contributed by atoms with E-state index in [1.54, 1.807) is 6.92 Å². The number of hydrogen-bond donors (Lipinski definition) is 2. The largest absolute Gasteiger partial charge is 0.481 e. The molecule has 2 rings (SSSR count). The molecule has 4 heteroatoms. The summed E-state index contributed by atoms with van der Waals surface area (Å²) in [6.45, 7) is 2.07. The Balaban J connectivity index is 1.91. The van der Waals surface area contributed by atoms with Gasteiger partial charge in [-0.1, -0.05) is 25.1 Å². The van der Waals surface area contributed by atoms with Crippen LogP contribution in [0.4, 0.5) is 5.69 Å². The molecule has 2 N–H and O–H groups in total. The minimum atomic E-state index is -0.804. The zero-order valence-electron chi connectivity index (χ0n) is 11.2. The first-order chi connectivity index (χ1) is 9.65. The first-order valence-corrected chi connectivity index (χ1v) is 6.45. The summed E-state index contributed by atoms with van der Waals surface area (Å²) in [5, 5.41) is 11.9. The van der Waals surface area contributed by atoms with Gasteiger partial charge in [0.15, 0.2) is 0 Å². The summed E-state index contributed by atoms with van der Waals surface area (Å²) in [5.41, 5.74) is 0.874. The van der Waals surface area contributed by atoms with Crippen LogP contribution in [0.3, 0.4) is 0 Å². The van der Waals surface area contributed by atoms with Crippen LogP contribution in [0.2, 0.25) is 0 Å². The number of rotatable bonds is 6. The van der Waals surface area contributed by atoms with Gasteiger partial charge in [0, 0.05) is 12.2 Å². The van der Waals surface area contributed by atoms with E-state index in [9.17, 15) is 4.79 Å². The first-order valence-electron chi connectivity index (χ1n) is 6.45. The van der Waals surface area contributed by atoms with Gasteiger partial charge < -0.3 is 15.2 Å². The fraction of sp³-hybridized carbons (Fsp3) is 0.188. The minimum absolute atomic E-state index is 0.397. The number of hydrogen-bond acceptors (Lipinski definition) is 3. The summed E-state index contributed by atoms with van der Waals surface area (Å²) >= 11 is 0. The van der Waals surface area contributed by atoms with Crippen LogP contribution < -0.4 is 10.1 Å². The topological polar surface area (TPSA) is 58.6 Å². The fourth-order valence-corrected chi connectivity index (χ4v) is 1.62. The molecule has 0 aliphatic heterocycles. The number of carboxylic acid groups (broad SMARTS) is 1. The minimum Gasteiger partial charge on any atom is -0.481 e. The number of benzene rings is 2. The maximum atomic E-state index is 10.7. The molecule has 2 aromatic rings. The molecule has 0 saturated carbocycles. The molecule has 4 nitrogen and oxygen atoms in total. The molecule has 0 heterocycles. The van der Waals surface area contributed by atoms with E-state index in [2.05, 4.69) is 5.32 Å². The molecular weight excluding hydrogens is 254 g/mol. The molecule has 0 spiro atoms. The summed E-state index contributed by atoms with van der Waals surface area (Å²) in [5.74, 6) is 0.303. The number of ether oxygens (including phenoxy) is 1. The van der Waals surface area contributed by atoms with Gasteiger partial charge in [-0.2, -0.15) is 0 Å². The van der Waals surface area contributed by atoms with Crippen LogP contribution in [-0.2, 0) is 4.79 Å². The predicted octanol–water partition coefficient (Wildman–Crippen LogP) is 3.61. The Morgan fingerprint density at radius 2 is 1.70 bits per heavy atom. The highest BCUT2D eigenvalue weighted by Crippen LogP contribution is 2.22. The summed E-state index contributed by atoms with van der Waals surface area (Å²) in [6, 6.07) is 17.0. The Kier molecular flexibility index (Phi) is 4.60. The molecule has 0 radical (unpaired) electrons. The quantitative estimate of drug-likeness (QED) is 0.842.